The van der Waals surface area contributed by atoms with Gasteiger partial charge in [-0.05, 0) is 25.9 Å². The molecule has 258 valence electrons. The normalized spacial score (nSPS) is 14.2. The third kappa shape index (κ3) is 33.4. The Kier molecular flexibility index (Phi) is 35.2. The highest BCUT2D eigenvalue weighted by Gasteiger charge is 2.12. The monoisotopic (exact) mass is 739 g/mol. The van der Waals surface area contributed by atoms with E-state index in [1.807, 2.05) is 0 Å². The number of hydrogen-bond donors (Lipinski definition) is 1. The van der Waals surface area contributed by atoms with Crippen molar-refractivity contribution in [2.24, 2.45) is 0 Å². The molecule has 1 heterocycles. The highest BCUT2D eigenvalue weighted by molar-refractivity contribution is 14.1. The first-order valence-electron chi connectivity index (χ1n) is 15.7. The molecule has 0 aromatic rings. The lowest BCUT2D eigenvalue weighted by molar-refractivity contribution is -0.0326. The van der Waals surface area contributed by atoms with E-state index in [9.17, 15) is 0 Å². The molecule has 1 saturated heterocycles. The van der Waals surface area contributed by atoms with Gasteiger partial charge in [-0.2, -0.15) is 0 Å². The molecule has 43 heavy (non-hydrogen) atoms. The molecule has 0 unspecified atom stereocenters. The van der Waals surface area contributed by atoms with Gasteiger partial charge >= 0.3 is 0 Å². The largest absolute Gasteiger partial charge is 0.378 e. The molecule has 0 atom stereocenters. The summed E-state index contributed by atoms with van der Waals surface area (Å²) in [5, 5.41) is 3.33. The maximum atomic E-state index is 5.79. The van der Waals surface area contributed by atoms with Crippen molar-refractivity contribution in [2.45, 2.75) is 18.9 Å². The second-order valence-electron chi connectivity index (χ2n) is 9.25. The van der Waals surface area contributed by atoms with Crippen LogP contribution < -0.4 is 5.32 Å². The molecule has 13 nitrogen and oxygen atoms in total. The molecule has 0 saturated carbocycles. The zero-order chi connectivity index (χ0) is 30.6. The van der Waals surface area contributed by atoms with Crippen LogP contribution in [0.4, 0.5) is 0 Å². The van der Waals surface area contributed by atoms with E-state index < -0.39 is 0 Å². The number of hydrogen-bond acceptors (Lipinski definition) is 13. The van der Waals surface area contributed by atoms with E-state index in [1.54, 1.807) is 0 Å². The molecule has 14 heteroatoms. The van der Waals surface area contributed by atoms with E-state index in [-0.39, 0.29) is 0 Å². The van der Waals surface area contributed by atoms with Crippen molar-refractivity contribution in [3.63, 3.8) is 0 Å². The van der Waals surface area contributed by atoms with Crippen molar-refractivity contribution in [3.8, 4) is 0 Å². The smallest absolute Gasteiger partial charge is 0.0704 e. The Hall–Kier alpha value is 0.210. The zero-order valence-corrected chi connectivity index (χ0v) is 28.3. The van der Waals surface area contributed by atoms with Crippen LogP contribution in [-0.4, -0.2) is 176 Å². The minimum atomic E-state index is 0.374. The summed E-state index contributed by atoms with van der Waals surface area (Å²) in [6, 6.07) is 0. The molecule has 0 radical (unpaired) electrons. The van der Waals surface area contributed by atoms with E-state index in [0.717, 1.165) is 37.0 Å². The summed E-state index contributed by atoms with van der Waals surface area (Å²) in [5.74, 6) is 0. The van der Waals surface area contributed by atoms with E-state index in [0.29, 0.717) is 151 Å². The predicted molar refractivity (Wildman–Crippen MR) is 170 cm³/mol. The van der Waals surface area contributed by atoms with E-state index in [1.165, 1.54) is 0 Å². The van der Waals surface area contributed by atoms with Crippen LogP contribution in [0.3, 0.4) is 0 Å². The summed E-state index contributed by atoms with van der Waals surface area (Å²) < 4.78 is 66.8. The summed E-state index contributed by atoms with van der Waals surface area (Å²) in [6.07, 6.45) is 2.54. The van der Waals surface area contributed by atoms with E-state index in [2.05, 4.69) is 27.9 Å². The maximum absolute atomic E-state index is 5.79. The number of piperidine rings is 1. The van der Waals surface area contributed by atoms with Crippen LogP contribution in [0.2, 0.25) is 0 Å². The SMILES string of the molecule is ICCOCCOCCOCCOCCOCCOCCOCCOCCOCCOCCOCCOC1CCNCC1. The van der Waals surface area contributed by atoms with Crippen LogP contribution >= 0.6 is 22.6 Å². The first kappa shape index (κ1) is 41.2. The Bertz CT molecular complexity index is 524. The lowest BCUT2D eigenvalue weighted by atomic mass is 10.1. The summed E-state index contributed by atoms with van der Waals surface area (Å²) in [4.78, 5) is 0. The molecule has 0 spiro atoms. The van der Waals surface area contributed by atoms with Crippen molar-refractivity contribution in [1.82, 2.24) is 5.32 Å². The lowest BCUT2D eigenvalue weighted by Crippen LogP contribution is -2.33. The molecule has 1 rings (SSSR count). The minimum absolute atomic E-state index is 0.374. The van der Waals surface area contributed by atoms with Crippen LogP contribution in [0.15, 0.2) is 0 Å². The van der Waals surface area contributed by atoms with Gasteiger partial charge in [0.25, 0.3) is 0 Å². The summed E-state index contributed by atoms with van der Waals surface area (Å²) in [5.41, 5.74) is 0. The molecule has 0 bridgehead atoms. The third-order valence-electron chi connectivity index (χ3n) is 5.81. The van der Waals surface area contributed by atoms with E-state index in [4.69, 9.17) is 56.8 Å². The minimum Gasteiger partial charge on any atom is -0.378 e. The average Bonchev–Trinajstić information content (AvgIpc) is 3.03. The van der Waals surface area contributed by atoms with Crippen molar-refractivity contribution in [2.75, 3.05) is 169 Å². The van der Waals surface area contributed by atoms with Gasteiger partial charge in [0.2, 0.25) is 0 Å². The quantitative estimate of drug-likeness (QED) is 0.0567. The van der Waals surface area contributed by atoms with E-state index >= 15 is 0 Å². The first-order valence-corrected chi connectivity index (χ1v) is 17.2. The molecule has 0 amide bonds. The second kappa shape index (κ2) is 36.7. The van der Waals surface area contributed by atoms with Crippen molar-refractivity contribution < 1.29 is 56.8 Å². The molecule has 1 aliphatic rings. The van der Waals surface area contributed by atoms with Crippen molar-refractivity contribution in [3.05, 3.63) is 0 Å². The maximum Gasteiger partial charge on any atom is 0.0704 e. The summed E-state index contributed by atoms with van der Waals surface area (Å²) >= 11 is 2.28. The van der Waals surface area contributed by atoms with Gasteiger partial charge in [0, 0.05) is 4.43 Å². The second-order valence-corrected chi connectivity index (χ2v) is 10.3. The molecule has 1 N–H and O–H groups in total. The third-order valence-corrected chi connectivity index (χ3v) is 6.25. The van der Waals surface area contributed by atoms with Crippen LogP contribution in [-0.2, 0) is 56.8 Å². The van der Waals surface area contributed by atoms with Gasteiger partial charge in [-0.1, -0.05) is 22.6 Å². The topological polar surface area (TPSA) is 123 Å². The summed E-state index contributed by atoms with van der Waals surface area (Å²) in [7, 11) is 0. The fourth-order valence-corrected chi connectivity index (χ4v) is 3.90. The molecule has 0 aliphatic carbocycles. The number of halogens is 1. The number of ether oxygens (including phenoxy) is 12. The molecule has 0 aromatic heterocycles. The van der Waals surface area contributed by atoms with Gasteiger partial charge in [0.1, 0.15) is 0 Å². The van der Waals surface area contributed by atoms with Crippen LogP contribution in [0.5, 0.6) is 0 Å². The Morgan fingerprint density at radius 2 is 0.581 bits per heavy atom. The van der Waals surface area contributed by atoms with Crippen molar-refractivity contribution >= 4 is 22.6 Å². The molecule has 0 aromatic carbocycles. The van der Waals surface area contributed by atoms with Crippen LogP contribution in [0, 0.1) is 0 Å². The molecular weight excluding hydrogens is 681 g/mol. The van der Waals surface area contributed by atoms with Crippen molar-refractivity contribution in [1.29, 1.82) is 0 Å². The van der Waals surface area contributed by atoms with Gasteiger partial charge in [-0.15, -0.1) is 0 Å². The van der Waals surface area contributed by atoms with Gasteiger partial charge in [0.15, 0.2) is 0 Å². The Balaban J connectivity index is 1.60. The molecular formula is C29H58INO12. The summed E-state index contributed by atoms with van der Waals surface area (Å²) in [6.45, 7) is 15.0. The lowest BCUT2D eigenvalue weighted by Gasteiger charge is -2.22. The number of nitrogens with one attached hydrogen (secondary N) is 1. The Morgan fingerprint density at radius 3 is 0.837 bits per heavy atom. The zero-order valence-electron chi connectivity index (χ0n) is 26.2. The fraction of sp³-hybridized carbons (Fsp3) is 1.00. The first-order chi connectivity index (χ1) is 21.4. The predicted octanol–water partition coefficient (Wildman–Crippen LogP) is 1.37. The van der Waals surface area contributed by atoms with Crippen LogP contribution in [0.1, 0.15) is 12.8 Å². The van der Waals surface area contributed by atoms with Crippen LogP contribution in [0.25, 0.3) is 0 Å². The Labute approximate surface area is 272 Å². The van der Waals surface area contributed by atoms with Gasteiger partial charge < -0.3 is 62.2 Å². The highest BCUT2D eigenvalue weighted by Crippen LogP contribution is 2.06. The number of rotatable bonds is 36. The van der Waals surface area contributed by atoms with Gasteiger partial charge in [-0.25, -0.2) is 0 Å². The van der Waals surface area contributed by atoms with Gasteiger partial charge in [0.05, 0.1) is 158 Å². The fourth-order valence-electron chi connectivity index (χ4n) is 3.59. The Morgan fingerprint density at radius 1 is 0.349 bits per heavy atom. The molecule has 1 aliphatic heterocycles. The average molecular weight is 740 g/mol. The van der Waals surface area contributed by atoms with Gasteiger partial charge in [-0.3, -0.25) is 0 Å². The standard InChI is InChI=1S/C29H58INO12/c30-3-6-32-7-8-33-9-10-34-11-12-35-13-14-36-15-16-37-17-18-38-19-20-39-21-22-40-23-24-41-25-26-42-27-28-43-29-1-4-31-5-2-29/h29,31H,1-28H2. The number of alkyl halides is 1. The highest BCUT2D eigenvalue weighted by atomic mass is 127. The molecule has 1 fully saturated rings.